The maximum Gasteiger partial charge on any atom is 0.255 e. The van der Waals surface area contributed by atoms with Crippen molar-refractivity contribution in [1.82, 2.24) is 15.1 Å². The van der Waals surface area contributed by atoms with Crippen LogP contribution in [0.4, 0.5) is 0 Å². The maximum atomic E-state index is 12.9. The van der Waals surface area contributed by atoms with E-state index in [1.165, 1.54) is 0 Å². The van der Waals surface area contributed by atoms with E-state index in [-0.39, 0.29) is 35.8 Å². The van der Waals surface area contributed by atoms with Crippen LogP contribution in [0.1, 0.15) is 47.2 Å². The van der Waals surface area contributed by atoms with Crippen molar-refractivity contribution in [3.05, 3.63) is 34.9 Å². The molecule has 8 heteroatoms. The number of hydrogen-bond acceptors (Lipinski definition) is 6. The molecule has 1 spiro atoms. The van der Waals surface area contributed by atoms with Crippen molar-refractivity contribution in [2.75, 3.05) is 19.6 Å². The van der Waals surface area contributed by atoms with Gasteiger partial charge in [0.05, 0.1) is 11.7 Å². The van der Waals surface area contributed by atoms with E-state index in [1.54, 1.807) is 4.90 Å². The molecule has 4 heterocycles. The molecular formula is C21H26N4O4. The Balaban J connectivity index is 1.28. The number of ether oxygens (including phenoxy) is 1. The van der Waals surface area contributed by atoms with Crippen LogP contribution < -0.4 is 11.1 Å². The van der Waals surface area contributed by atoms with Crippen LogP contribution in [0.3, 0.4) is 0 Å². The Morgan fingerprint density at radius 2 is 2.03 bits per heavy atom. The zero-order chi connectivity index (χ0) is 20.2. The van der Waals surface area contributed by atoms with Crippen molar-refractivity contribution in [3.8, 4) is 0 Å². The molecule has 3 fully saturated rings. The lowest BCUT2D eigenvalue weighted by Crippen LogP contribution is -2.61. The van der Waals surface area contributed by atoms with E-state index in [0.29, 0.717) is 25.1 Å². The number of fused-ring (bicyclic) bond motifs is 1. The van der Waals surface area contributed by atoms with E-state index in [1.807, 2.05) is 12.1 Å². The second kappa shape index (κ2) is 6.90. The molecule has 1 aromatic rings. The molecular weight excluding hydrogens is 372 g/mol. The third kappa shape index (κ3) is 3.15. The van der Waals surface area contributed by atoms with Crippen LogP contribution in [0.15, 0.2) is 18.2 Å². The second-order valence-electron chi connectivity index (χ2n) is 8.69. The number of nitrogens with one attached hydrogen (secondary N) is 1. The van der Waals surface area contributed by atoms with Crippen LogP contribution in [-0.4, -0.2) is 64.9 Å². The van der Waals surface area contributed by atoms with Crippen LogP contribution in [-0.2, 0) is 27.4 Å². The maximum absolute atomic E-state index is 12.9. The Kier molecular flexibility index (Phi) is 4.45. The summed E-state index contributed by atoms with van der Waals surface area (Å²) in [5.41, 5.74) is 8.48. The summed E-state index contributed by atoms with van der Waals surface area (Å²) in [6.45, 7) is 3.53. The third-order valence-corrected chi connectivity index (χ3v) is 6.70. The summed E-state index contributed by atoms with van der Waals surface area (Å²) >= 11 is 0. The largest absolute Gasteiger partial charge is 0.368 e. The van der Waals surface area contributed by atoms with Crippen molar-refractivity contribution in [1.29, 1.82) is 0 Å². The normalized spacial score (nSPS) is 28.6. The molecule has 3 N–H and O–H groups in total. The fourth-order valence-electron chi connectivity index (χ4n) is 5.21. The van der Waals surface area contributed by atoms with Crippen molar-refractivity contribution >= 4 is 17.7 Å². The molecule has 1 aromatic carbocycles. The number of carbonyl (C=O) groups excluding carboxylic acids is 3. The molecule has 2 unspecified atom stereocenters. The van der Waals surface area contributed by atoms with Crippen molar-refractivity contribution < 1.29 is 19.1 Å². The van der Waals surface area contributed by atoms with Crippen LogP contribution in [0, 0.1) is 0 Å². The lowest BCUT2D eigenvalue weighted by molar-refractivity contribution is -0.137. The van der Waals surface area contributed by atoms with Gasteiger partial charge in [0, 0.05) is 44.7 Å². The molecule has 3 saturated heterocycles. The second-order valence-corrected chi connectivity index (χ2v) is 8.69. The van der Waals surface area contributed by atoms with Gasteiger partial charge >= 0.3 is 0 Å². The molecule has 8 nitrogen and oxygen atoms in total. The van der Waals surface area contributed by atoms with Gasteiger partial charge in [-0.05, 0) is 36.5 Å². The first-order valence-electron chi connectivity index (χ1n) is 10.3. The standard InChI is InChI=1S/C21H26N4O4/c22-8-14-6-7-21(29-14)11-24(12-21)9-13-2-1-3-15-16(13)10-25(20(15)28)17-4-5-18(26)23-19(17)27/h1-3,14,17H,4-12,22H2,(H,23,26,27). The number of amides is 3. The van der Waals surface area contributed by atoms with Crippen LogP contribution in [0.25, 0.3) is 0 Å². The summed E-state index contributed by atoms with van der Waals surface area (Å²) in [6.07, 6.45) is 2.91. The summed E-state index contributed by atoms with van der Waals surface area (Å²) in [6, 6.07) is 5.22. The fraction of sp³-hybridized carbons (Fsp3) is 0.571. The quantitative estimate of drug-likeness (QED) is 0.699. The van der Waals surface area contributed by atoms with Gasteiger partial charge in [-0.3, -0.25) is 24.6 Å². The van der Waals surface area contributed by atoms with E-state index in [9.17, 15) is 14.4 Å². The van der Waals surface area contributed by atoms with Gasteiger partial charge in [0.15, 0.2) is 0 Å². The third-order valence-electron chi connectivity index (χ3n) is 6.70. The van der Waals surface area contributed by atoms with Crippen LogP contribution in [0.2, 0.25) is 0 Å². The fourth-order valence-corrected chi connectivity index (χ4v) is 5.21. The Hall–Kier alpha value is -2.29. The van der Waals surface area contributed by atoms with E-state index in [0.717, 1.165) is 43.6 Å². The summed E-state index contributed by atoms with van der Waals surface area (Å²) in [5, 5.41) is 2.35. The van der Waals surface area contributed by atoms with E-state index >= 15 is 0 Å². The minimum atomic E-state index is -0.576. The van der Waals surface area contributed by atoms with Gasteiger partial charge in [-0.1, -0.05) is 12.1 Å². The van der Waals surface area contributed by atoms with Gasteiger partial charge in [-0.25, -0.2) is 0 Å². The number of imide groups is 1. The Labute approximate surface area is 169 Å². The Bertz CT molecular complexity index is 879. The molecule has 4 aliphatic heterocycles. The summed E-state index contributed by atoms with van der Waals surface area (Å²) in [7, 11) is 0. The number of carbonyl (C=O) groups is 3. The number of piperidine rings is 1. The molecule has 29 heavy (non-hydrogen) atoms. The highest BCUT2D eigenvalue weighted by Gasteiger charge is 2.49. The summed E-state index contributed by atoms with van der Waals surface area (Å²) < 4.78 is 6.13. The first-order valence-corrected chi connectivity index (χ1v) is 10.3. The zero-order valence-corrected chi connectivity index (χ0v) is 16.4. The number of likely N-dealkylation sites (tertiary alicyclic amines) is 1. The molecule has 154 valence electrons. The van der Waals surface area contributed by atoms with E-state index in [2.05, 4.69) is 16.3 Å². The highest BCUT2D eigenvalue weighted by atomic mass is 16.5. The lowest BCUT2D eigenvalue weighted by atomic mass is 9.89. The molecule has 2 atom stereocenters. The highest BCUT2D eigenvalue weighted by molar-refractivity contribution is 6.05. The molecule has 4 aliphatic rings. The monoisotopic (exact) mass is 398 g/mol. The minimum absolute atomic E-state index is 0.0451. The van der Waals surface area contributed by atoms with Gasteiger partial charge in [-0.15, -0.1) is 0 Å². The molecule has 0 saturated carbocycles. The van der Waals surface area contributed by atoms with Crippen molar-refractivity contribution in [2.24, 2.45) is 5.73 Å². The molecule has 5 rings (SSSR count). The molecule has 0 aromatic heterocycles. The predicted molar refractivity (Wildman–Crippen MR) is 104 cm³/mol. The SMILES string of the molecule is NCC1CCC2(CN(Cc3cccc4c3CN(C3CCC(=O)NC3=O)C4=O)C2)O1. The van der Waals surface area contributed by atoms with E-state index < -0.39 is 6.04 Å². The summed E-state index contributed by atoms with van der Waals surface area (Å²) in [5.74, 6) is -0.767. The highest BCUT2D eigenvalue weighted by Crippen LogP contribution is 2.39. The number of nitrogens with two attached hydrogens (primary N) is 1. The topological polar surface area (TPSA) is 105 Å². The van der Waals surface area contributed by atoms with Crippen molar-refractivity contribution in [3.63, 3.8) is 0 Å². The number of nitrogens with zero attached hydrogens (tertiary/aromatic N) is 2. The number of hydrogen-bond donors (Lipinski definition) is 2. The zero-order valence-electron chi connectivity index (χ0n) is 16.4. The van der Waals surface area contributed by atoms with Gasteiger partial charge in [0.1, 0.15) is 6.04 Å². The Morgan fingerprint density at radius 3 is 2.76 bits per heavy atom. The number of benzene rings is 1. The number of rotatable bonds is 4. The molecule has 0 radical (unpaired) electrons. The lowest BCUT2D eigenvalue weighted by Gasteiger charge is -2.47. The van der Waals surface area contributed by atoms with Crippen molar-refractivity contribution in [2.45, 2.75) is 56.5 Å². The first kappa shape index (κ1) is 18.7. The molecule has 0 aliphatic carbocycles. The Morgan fingerprint density at radius 1 is 1.21 bits per heavy atom. The van der Waals surface area contributed by atoms with Gasteiger partial charge in [0.2, 0.25) is 11.8 Å². The molecule has 3 amide bonds. The van der Waals surface area contributed by atoms with Gasteiger partial charge in [0.25, 0.3) is 5.91 Å². The minimum Gasteiger partial charge on any atom is -0.368 e. The molecule has 0 bridgehead atoms. The van der Waals surface area contributed by atoms with Crippen LogP contribution >= 0.6 is 0 Å². The van der Waals surface area contributed by atoms with E-state index in [4.69, 9.17) is 10.5 Å². The first-order chi connectivity index (χ1) is 14.0. The smallest absolute Gasteiger partial charge is 0.255 e. The average Bonchev–Trinajstić information content (AvgIpc) is 3.25. The van der Waals surface area contributed by atoms with Crippen LogP contribution in [0.5, 0.6) is 0 Å². The summed E-state index contributed by atoms with van der Waals surface area (Å²) in [4.78, 5) is 40.6. The van der Waals surface area contributed by atoms with Gasteiger partial charge < -0.3 is 15.4 Å². The predicted octanol–water partition coefficient (Wildman–Crippen LogP) is 0.140. The average molecular weight is 398 g/mol. The van der Waals surface area contributed by atoms with Gasteiger partial charge in [-0.2, -0.15) is 0 Å².